The predicted molar refractivity (Wildman–Crippen MR) is 117 cm³/mol. The molecule has 2 N–H and O–H groups in total. The molecule has 0 saturated carbocycles. The molecule has 5 rings (SSSR count). The normalized spacial score (nSPS) is 11.1. The number of phenolic OH excluding ortho intramolecular Hbond substituents is 1. The molecule has 5 aromatic rings. The largest absolute Gasteiger partial charge is 0.507 e. The third-order valence-corrected chi connectivity index (χ3v) is 5.23. The Morgan fingerprint density at radius 1 is 0.833 bits per heavy atom. The highest BCUT2D eigenvalue weighted by Crippen LogP contribution is 2.43. The van der Waals surface area contributed by atoms with Crippen LogP contribution in [0.2, 0.25) is 0 Å². The number of aromatic amines is 1. The number of benzene rings is 3. The van der Waals surface area contributed by atoms with E-state index in [1.807, 2.05) is 54.6 Å². The number of H-pyrrole nitrogens is 1. The Morgan fingerprint density at radius 3 is 2.20 bits per heavy atom. The Hall–Kier alpha value is -4.06. The molecule has 30 heavy (non-hydrogen) atoms. The number of pyridine rings is 1. The van der Waals surface area contributed by atoms with Crippen molar-refractivity contribution in [2.75, 3.05) is 14.2 Å². The molecule has 0 fully saturated rings. The van der Waals surface area contributed by atoms with Crippen LogP contribution in [0.1, 0.15) is 0 Å². The molecule has 0 unspecified atom stereocenters. The van der Waals surface area contributed by atoms with E-state index in [0.717, 1.165) is 27.4 Å². The minimum Gasteiger partial charge on any atom is -0.507 e. The molecule has 0 atom stereocenters. The molecule has 0 aliphatic rings. The van der Waals surface area contributed by atoms with Crippen LogP contribution < -0.4 is 9.47 Å². The lowest BCUT2D eigenvalue weighted by Crippen LogP contribution is -1.94. The summed E-state index contributed by atoms with van der Waals surface area (Å²) in [5, 5.41) is 20.7. The van der Waals surface area contributed by atoms with Gasteiger partial charge in [0.1, 0.15) is 5.75 Å². The molecule has 0 saturated heterocycles. The molecule has 148 valence electrons. The van der Waals surface area contributed by atoms with Crippen molar-refractivity contribution in [1.82, 2.24) is 15.2 Å². The van der Waals surface area contributed by atoms with Crippen molar-refractivity contribution in [1.29, 1.82) is 0 Å². The number of methoxy groups -OCH3 is 2. The highest BCUT2D eigenvalue weighted by molar-refractivity contribution is 6.16. The van der Waals surface area contributed by atoms with Gasteiger partial charge in [0, 0.05) is 21.9 Å². The van der Waals surface area contributed by atoms with Gasteiger partial charge in [0.25, 0.3) is 0 Å². The van der Waals surface area contributed by atoms with E-state index < -0.39 is 0 Å². The summed E-state index contributed by atoms with van der Waals surface area (Å²) >= 11 is 0. The van der Waals surface area contributed by atoms with Gasteiger partial charge < -0.3 is 14.6 Å². The van der Waals surface area contributed by atoms with E-state index in [9.17, 15) is 5.11 Å². The summed E-state index contributed by atoms with van der Waals surface area (Å²) in [4.78, 5) is 4.81. The summed E-state index contributed by atoms with van der Waals surface area (Å²) < 4.78 is 11.1. The van der Waals surface area contributed by atoms with Crippen LogP contribution in [-0.4, -0.2) is 34.5 Å². The summed E-state index contributed by atoms with van der Waals surface area (Å²) in [5.41, 5.74) is 3.70. The third kappa shape index (κ3) is 2.73. The number of hydrogen-bond donors (Lipinski definition) is 2. The third-order valence-electron chi connectivity index (χ3n) is 5.23. The first-order chi connectivity index (χ1) is 14.7. The smallest absolute Gasteiger partial charge is 0.182 e. The van der Waals surface area contributed by atoms with Gasteiger partial charge in [-0.05, 0) is 24.3 Å². The van der Waals surface area contributed by atoms with E-state index in [2.05, 4.69) is 10.2 Å². The van der Waals surface area contributed by atoms with Crippen LogP contribution in [-0.2, 0) is 0 Å². The van der Waals surface area contributed by atoms with E-state index in [1.54, 1.807) is 26.4 Å². The highest BCUT2D eigenvalue weighted by atomic mass is 16.5. The molecule has 3 aromatic carbocycles. The maximum Gasteiger partial charge on any atom is 0.182 e. The quantitative estimate of drug-likeness (QED) is 0.437. The van der Waals surface area contributed by atoms with Gasteiger partial charge in [-0.3, -0.25) is 5.10 Å². The van der Waals surface area contributed by atoms with E-state index in [0.29, 0.717) is 28.4 Å². The van der Waals surface area contributed by atoms with Crippen molar-refractivity contribution in [3.8, 4) is 39.8 Å². The summed E-state index contributed by atoms with van der Waals surface area (Å²) in [7, 11) is 3.21. The SMILES string of the molecule is COc1cc2c(-c3ccccc3O)nc3n[nH]c(-c4ccccc4)c3c2cc1OC. The number of aromatic nitrogens is 3. The Labute approximate surface area is 172 Å². The lowest BCUT2D eigenvalue weighted by molar-refractivity contribution is 0.356. The Morgan fingerprint density at radius 2 is 1.50 bits per heavy atom. The number of nitrogens with one attached hydrogen (secondary N) is 1. The van der Waals surface area contributed by atoms with Crippen LogP contribution in [0.4, 0.5) is 0 Å². The summed E-state index contributed by atoms with van der Waals surface area (Å²) in [5.74, 6) is 1.35. The fourth-order valence-electron chi connectivity index (χ4n) is 3.81. The van der Waals surface area contributed by atoms with E-state index >= 15 is 0 Å². The fraction of sp³-hybridized carbons (Fsp3) is 0.0833. The van der Waals surface area contributed by atoms with Crippen LogP contribution in [0, 0.1) is 0 Å². The predicted octanol–water partition coefficient (Wildman–Crippen LogP) is 5.17. The molecule has 0 spiro atoms. The zero-order valence-electron chi connectivity index (χ0n) is 16.5. The second-order valence-electron chi connectivity index (χ2n) is 6.89. The molecule has 0 bridgehead atoms. The second-order valence-corrected chi connectivity index (χ2v) is 6.89. The van der Waals surface area contributed by atoms with Crippen LogP contribution in [0.15, 0.2) is 66.7 Å². The number of para-hydroxylation sites is 1. The number of fused-ring (bicyclic) bond motifs is 3. The zero-order chi connectivity index (χ0) is 20.7. The molecular formula is C24H19N3O3. The van der Waals surface area contributed by atoms with Crippen molar-refractivity contribution in [2.45, 2.75) is 0 Å². The van der Waals surface area contributed by atoms with Crippen molar-refractivity contribution in [3.63, 3.8) is 0 Å². The summed E-state index contributed by atoms with van der Waals surface area (Å²) in [6.45, 7) is 0. The maximum absolute atomic E-state index is 10.5. The van der Waals surface area contributed by atoms with Crippen LogP contribution in [0.5, 0.6) is 17.2 Å². The van der Waals surface area contributed by atoms with E-state index in [-0.39, 0.29) is 5.75 Å². The zero-order valence-corrected chi connectivity index (χ0v) is 16.5. The monoisotopic (exact) mass is 397 g/mol. The first-order valence-electron chi connectivity index (χ1n) is 9.49. The van der Waals surface area contributed by atoms with Gasteiger partial charge >= 0.3 is 0 Å². The number of nitrogens with zero attached hydrogens (tertiary/aromatic N) is 2. The first kappa shape index (κ1) is 18.0. The number of phenols is 1. The Bertz CT molecular complexity index is 1380. The summed E-state index contributed by atoms with van der Waals surface area (Å²) in [6, 6.07) is 21.0. The van der Waals surface area contributed by atoms with E-state index in [4.69, 9.17) is 14.5 Å². The molecule has 2 heterocycles. The van der Waals surface area contributed by atoms with Crippen molar-refractivity contribution in [2.24, 2.45) is 0 Å². The molecule has 6 nitrogen and oxygen atoms in total. The minimum absolute atomic E-state index is 0.152. The number of hydrogen-bond acceptors (Lipinski definition) is 5. The first-order valence-corrected chi connectivity index (χ1v) is 9.49. The van der Waals surface area contributed by atoms with Crippen molar-refractivity contribution < 1.29 is 14.6 Å². The van der Waals surface area contributed by atoms with Crippen LogP contribution >= 0.6 is 0 Å². The topological polar surface area (TPSA) is 80.3 Å². The van der Waals surface area contributed by atoms with E-state index in [1.165, 1.54) is 0 Å². The Balaban J connectivity index is 1.94. The van der Waals surface area contributed by atoms with Crippen molar-refractivity contribution in [3.05, 3.63) is 66.7 Å². The Kier molecular flexibility index (Phi) is 4.25. The van der Waals surface area contributed by atoms with Crippen molar-refractivity contribution >= 4 is 21.8 Å². The number of rotatable bonds is 4. The van der Waals surface area contributed by atoms with Gasteiger partial charge in [0.15, 0.2) is 17.1 Å². The molecular weight excluding hydrogens is 378 g/mol. The standard InChI is InChI=1S/C24H19N3O3/c1-29-19-12-16-17(13-20(19)30-2)23(15-10-6-7-11-18(15)28)25-24-21(16)22(26-27-24)14-8-4-3-5-9-14/h3-13,28H,1-2H3,(H,25,26,27). The van der Waals surface area contributed by atoms with Crippen LogP contribution in [0.25, 0.3) is 44.3 Å². The maximum atomic E-state index is 10.5. The lowest BCUT2D eigenvalue weighted by Gasteiger charge is -2.13. The molecule has 6 heteroatoms. The van der Waals surface area contributed by atoms with Gasteiger partial charge in [0.2, 0.25) is 0 Å². The number of aromatic hydroxyl groups is 1. The van der Waals surface area contributed by atoms with Gasteiger partial charge in [-0.1, -0.05) is 42.5 Å². The second kappa shape index (κ2) is 7.08. The fourth-order valence-corrected chi connectivity index (χ4v) is 3.81. The molecule has 0 aliphatic carbocycles. The van der Waals surface area contributed by atoms with Gasteiger partial charge in [-0.25, -0.2) is 4.98 Å². The summed E-state index contributed by atoms with van der Waals surface area (Å²) in [6.07, 6.45) is 0. The number of ether oxygens (including phenoxy) is 2. The minimum atomic E-state index is 0.152. The van der Waals surface area contributed by atoms with Gasteiger partial charge in [0.05, 0.1) is 31.0 Å². The molecule has 0 amide bonds. The lowest BCUT2D eigenvalue weighted by atomic mass is 9.98. The van der Waals surface area contributed by atoms with Gasteiger partial charge in [-0.15, -0.1) is 0 Å². The highest BCUT2D eigenvalue weighted by Gasteiger charge is 2.20. The van der Waals surface area contributed by atoms with Crippen LogP contribution in [0.3, 0.4) is 0 Å². The van der Waals surface area contributed by atoms with Gasteiger partial charge in [-0.2, -0.15) is 5.10 Å². The molecule has 0 radical (unpaired) electrons. The average Bonchev–Trinajstić information content (AvgIpc) is 3.22. The average molecular weight is 397 g/mol. The molecule has 2 aromatic heterocycles. The molecule has 0 aliphatic heterocycles.